The molecule has 0 unspecified atom stereocenters. The van der Waals surface area contributed by atoms with Crippen molar-refractivity contribution in [2.24, 2.45) is 0 Å². The molecule has 2 atom stereocenters. The van der Waals surface area contributed by atoms with Crippen molar-refractivity contribution < 1.29 is 18.0 Å². The molecular formula is C26H34Cl3N3O4S. The highest BCUT2D eigenvalue weighted by molar-refractivity contribution is 7.92. The van der Waals surface area contributed by atoms with Crippen LogP contribution >= 0.6 is 34.8 Å². The predicted molar refractivity (Wildman–Crippen MR) is 152 cm³/mol. The summed E-state index contributed by atoms with van der Waals surface area (Å²) in [5.74, 6) is -0.614. The fraction of sp³-hybridized carbons (Fsp3) is 0.462. The van der Waals surface area contributed by atoms with Crippen LogP contribution in [-0.4, -0.2) is 50.0 Å². The van der Waals surface area contributed by atoms with Crippen LogP contribution in [0, 0.1) is 6.92 Å². The van der Waals surface area contributed by atoms with Crippen LogP contribution in [0.25, 0.3) is 0 Å². The third-order valence-electron chi connectivity index (χ3n) is 6.15. The van der Waals surface area contributed by atoms with Gasteiger partial charge < -0.3 is 10.2 Å². The van der Waals surface area contributed by atoms with E-state index in [1.165, 1.54) is 9.21 Å². The summed E-state index contributed by atoms with van der Waals surface area (Å²) in [7, 11) is -3.63. The predicted octanol–water partition coefficient (Wildman–Crippen LogP) is 5.83. The Morgan fingerprint density at radius 3 is 2.24 bits per heavy atom. The maximum absolute atomic E-state index is 13.4. The summed E-state index contributed by atoms with van der Waals surface area (Å²) in [6, 6.07) is 9.22. The first-order chi connectivity index (χ1) is 17.3. The van der Waals surface area contributed by atoms with Crippen LogP contribution in [0.3, 0.4) is 0 Å². The minimum atomic E-state index is -3.63. The van der Waals surface area contributed by atoms with Gasteiger partial charge in [0.05, 0.1) is 11.9 Å². The zero-order valence-corrected chi connectivity index (χ0v) is 24.8. The molecule has 0 spiro atoms. The van der Waals surface area contributed by atoms with Gasteiger partial charge in [0.1, 0.15) is 6.04 Å². The van der Waals surface area contributed by atoms with Crippen LogP contribution in [0.15, 0.2) is 36.4 Å². The molecule has 0 bridgehead atoms. The lowest BCUT2D eigenvalue weighted by molar-refractivity contribution is -0.140. The molecule has 7 nitrogen and oxygen atoms in total. The third-order valence-corrected chi connectivity index (χ3v) is 8.27. The van der Waals surface area contributed by atoms with Crippen molar-refractivity contribution in [3.63, 3.8) is 0 Å². The van der Waals surface area contributed by atoms with E-state index >= 15 is 0 Å². The monoisotopic (exact) mass is 589 g/mol. The number of rotatable bonds is 12. The van der Waals surface area contributed by atoms with Crippen LogP contribution in [0.1, 0.15) is 51.2 Å². The molecule has 0 saturated carbocycles. The summed E-state index contributed by atoms with van der Waals surface area (Å²) in [5, 5.41) is 4.10. The molecule has 0 aliphatic carbocycles. The molecular weight excluding hydrogens is 557 g/mol. The van der Waals surface area contributed by atoms with Gasteiger partial charge in [-0.3, -0.25) is 13.9 Å². The van der Waals surface area contributed by atoms with Gasteiger partial charge in [-0.05, 0) is 63.4 Å². The van der Waals surface area contributed by atoms with E-state index in [1.807, 2.05) is 13.8 Å². The molecule has 2 aromatic rings. The Bertz CT molecular complexity index is 1200. The highest BCUT2D eigenvalue weighted by atomic mass is 35.5. The van der Waals surface area contributed by atoms with Gasteiger partial charge in [0.2, 0.25) is 21.8 Å². The molecule has 11 heteroatoms. The molecule has 0 heterocycles. The number of nitrogens with one attached hydrogen (secondary N) is 1. The van der Waals surface area contributed by atoms with Crippen LogP contribution in [-0.2, 0) is 26.2 Å². The van der Waals surface area contributed by atoms with E-state index in [-0.39, 0.29) is 43.8 Å². The third kappa shape index (κ3) is 8.77. The highest BCUT2D eigenvalue weighted by Gasteiger charge is 2.28. The SMILES string of the molecule is CC[C@@H](C)NC(=O)[C@H](C)N(Cc1c(Cl)cccc1Cl)C(=O)CCCN(c1cc(Cl)ccc1C)S(C)(=O)=O. The minimum Gasteiger partial charge on any atom is -0.352 e. The molecule has 2 aromatic carbocycles. The smallest absolute Gasteiger partial charge is 0.242 e. The highest BCUT2D eigenvalue weighted by Crippen LogP contribution is 2.28. The van der Waals surface area contributed by atoms with Crippen LogP contribution in [0.5, 0.6) is 0 Å². The summed E-state index contributed by atoms with van der Waals surface area (Å²) in [6.45, 7) is 7.40. The molecule has 0 fully saturated rings. The Hall–Kier alpha value is -2.00. The Morgan fingerprint density at radius 2 is 1.68 bits per heavy atom. The van der Waals surface area contributed by atoms with Gasteiger partial charge in [-0.1, -0.05) is 53.9 Å². The fourth-order valence-electron chi connectivity index (χ4n) is 3.74. The number of benzene rings is 2. The first kappa shape index (κ1) is 31.2. The summed E-state index contributed by atoms with van der Waals surface area (Å²) in [5.41, 5.74) is 1.74. The normalized spacial score (nSPS) is 13.1. The van der Waals surface area contributed by atoms with E-state index < -0.39 is 16.1 Å². The van der Waals surface area contributed by atoms with Gasteiger partial charge in [0.15, 0.2) is 0 Å². The van der Waals surface area contributed by atoms with E-state index in [9.17, 15) is 18.0 Å². The van der Waals surface area contributed by atoms with Crippen molar-refractivity contribution in [2.45, 2.75) is 65.6 Å². The Labute approximate surface area is 235 Å². The second kappa shape index (κ2) is 13.7. The number of sulfonamides is 1. The van der Waals surface area contributed by atoms with Crippen molar-refractivity contribution in [1.29, 1.82) is 0 Å². The van der Waals surface area contributed by atoms with Crippen LogP contribution in [0.2, 0.25) is 15.1 Å². The van der Waals surface area contributed by atoms with Gasteiger partial charge in [-0.15, -0.1) is 0 Å². The molecule has 0 radical (unpaired) electrons. The Kier molecular flexibility index (Phi) is 11.6. The summed E-state index contributed by atoms with van der Waals surface area (Å²) in [6.07, 6.45) is 2.09. The van der Waals surface area contributed by atoms with E-state index in [0.717, 1.165) is 18.2 Å². The van der Waals surface area contributed by atoms with Gasteiger partial charge in [0.25, 0.3) is 0 Å². The average molecular weight is 591 g/mol. The summed E-state index contributed by atoms with van der Waals surface area (Å²) >= 11 is 18.8. The number of aryl methyl sites for hydroxylation is 1. The molecule has 0 saturated heterocycles. The van der Waals surface area contributed by atoms with Crippen molar-refractivity contribution in [3.05, 3.63) is 62.6 Å². The van der Waals surface area contributed by atoms with Crippen molar-refractivity contribution >= 4 is 62.3 Å². The molecule has 0 aliphatic rings. The average Bonchev–Trinajstić information content (AvgIpc) is 2.82. The Balaban J connectivity index is 2.26. The lowest BCUT2D eigenvalue weighted by atomic mass is 10.1. The number of hydrogen-bond donors (Lipinski definition) is 1. The lowest BCUT2D eigenvalue weighted by Gasteiger charge is -2.31. The van der Waals surface area contributed by atoms with Crippen LogP contribution < -0.4 is 9.62 Å². The number of anilines is 1. The number of hydrogen-bond acceptors (Lipinski definition) is 4. The van der Waals surface area contributed by atoms with E-state index in [1.54, 1.807) is 50.2 Å². The van der Waals surface area contributed by atoms with Crippen molar-refractivity contribution in [2.75, 3.05) is 17.1 Å². The maximum Gasteiger partial charge on any atom is 0.242 e. The van der Waals surface area contributed by atoms with Gasteiger partial charge in [0, 0.05) is 46.2 Å². The number of nitrogens with zero attached hydrogens (tertiary/aromatic N) is 2. The Morgan fingerprint density at radius 1 is 1.05 bits per heavy atom. The fourth-order valence-corrected chi connectivity index (χ4v) is 5.43. The van der Waals surface area contributed by atoms with Gasteiger partial charge >= 0.3 is 0 Å². The first-order valence-electron chi connectivity index (χ1n) is 12.0. The second-order valence-corrected chi connectivity index (χ2v) is 12.2. The standard InChI is InChI=1S/C26H34Cl3N3O4S/c1-6-18(3)30-26(34)19(4)31(16-21-22(28)9-7-10-23(21)29)25(33)11-8-14-32(37(5,35)36)24-15-20(27)13-12-17(24)2/h7,9-10,12-13,15,18-19H,6,8,11,14,16H2,1-5H3,(H,30,34)/t18-,19+/m1/s1. The number of amides is 2. The van der Waals surface area contributed by atoms with Crippen molar-refractivity contribution in [3.8, 4) is 0 Å². The van der Waals surface area contributed by atoms with Gasteiger partial charge in [-0.25, -0.2) is 8.42 Å². The summed E-state index contributed by atoms with van der Waals surface area (Å²) < 4.78 is 26.4. The molecule has 2 rings (SSSR count). The number of carbonyl (C=O) groups is 2. The molecule has 2 amide bonds. The summed E-state index contributed by atoms with van der Waals surface area (Å²) in [4.78, 5) is 27.8. The van der Waals surface area contributed by atoms with E-state index in [0.29, 0.717) is 26.3 Å². The van der Waals surface area contributed by atoms with E-state index in [4.69, 9.17) is 34.8 Å². The number of halogens is 3. The molecule has 1 N–H and O–H groups in total. The minimum absolute atomic E-state index is 0.00859. The zero-order valence-electron chi connectivity index (χ0n) is 21.7. The van der Waals surface area contributed by atoms with E-state index in [2.05, 4.69) is 5.32 Å². The molecule has 37 heavy (non-hydrogen) atoms. The lowest BCUT2D eigenvalue weighted by Crippen LogP contribution is -2.49. The zero-order chi connectivity index (χ0) is 27.9. The molecule has 0 aromatic heterocycles. The van der Waals surface area contributed by atoms with Gasteiger partial charge in [-0.2, -0.15) is 0 Å². The quantitative estimate of drug-likeness (QED) is 0.337. The molecule has 204 valence electrons. The molecule has 0 aliphatic heterocycles. The van der Waals surface area contributed by atoms with Crippen LogP contribution in [0.4, 0.5) is 5.69 Å². The number of carbonyl (C=O) groups excluding carboxylic acids is 2. The maximum atomic E-state index is 13.4. The largest absolute Gasteiger partial charge is 0.352 e. The topological polar surface area (TPSA) is 86.8 Å². The second-order valence-electron chi connectivity index (χ2n) is 9.09. The first-order valence-corrected chi connectivity index (χ1v) is 15.0. The van der Waals surface area contributed by atoms with Crippen molar-refractivity contribution in [1.82, 2.24) is 10.2 Å².